The van der Waals surface area contributed by atoms with Crippen molar-refractivity contribution in [2.24, 2.45) is 23.5 Å². The number of epoxide rings is 1. The van der Waals surface area contributed by atoms with Crippen molar-refractivity contribution in [2.45, 2.75) is 82.1 Å². The lowest BCUT2D eigenvalue weighted by atomic mass is 9.60. The van der Waals surface area contributed by atoms with Gasteiger partial charge in [-0.15, -0.1) is 0 Å². The number of aliphatic hydroxyl groups excluding tert-OH is 1. The van der Waals surface area contributed by atoms with Gasteiger partial charge in [-0.3, -0.25) is 9.59 Å². The summed E-state index contributed by atoms with van der Waals surface area (Å²) in [5.74, 6) is -1.65. The zero-order valence-corrected chi connectivity index (χ0v) is 19.2. The number of ether oxygens (including phenoxy) is 2. The third-order valence-corrected chi connectivity index (χ3v) is 8.24. The summed E-state index contributed by atoms with van der Waals surface area (Å²) in [5.41, 5.74) is 4.28. The molecule has 0 spiro atoms. The molecule has 2 saturated heterocycles. The normalized spacial score (nSPS) is 39.6. The molecule has 2 heterocycles. The van der Waals surface area contributed by atoms with Crippen LogP contribution in [0.3, 0.4) is 0 Å². The molecule has 6 unspecified atom stereocenters. The fourth-order valence-electron chi connectivity index (χ4n) is 6.26. The van der Waals surface area contributed by atoms with Gasteiger partial charge in [-0.1, -0.05) is 18.4 Å². The number of esters is 1. The number of piperidine rings is 1. The van der Waals surface area contributed by atoms with Crippen LogP contribution < -0.4 is 11.1 Å². The molecule has 4 fully saturated rings. The van der Waals surface area contributed by atoms with Crippen LogP contribution in [0.25, 0.3) is 0 Å². The Hall–Kier alpha value is -1.61. The van der Waals surface area contributed by atoms with Crippen molar-refractivity contribution in [2.75, 3.05) is 20.3 Å². The summed E-state index contributed by atoms with van der Waals surface area (Å²) in [6, 6.07) is 0. The highest BCUT2D eigenvalue weighted by atomic mass is 16.7. The molecule has 8 nitrogen and oxygen atoms in total. The van der Waals surface area contributed by atoms with Crippen molar-refractivity contribution in [3.05, 3.63) is 11.1 Å². The predicted octanol–water partition coefficient (Wildman–Crippen LogP) is 1.39. The minimum Gasteiger partial charge on any atom is -0.466 e. The second-order valence-electron chi connectivity index (χ2n) is 10.0. The van der Waals surface area contributed by atoms with Gasteiger partial charge < -0.3 is 25.6 Å². The largest absolute Gasteiger partial charge is 0.466 e. The van der Waals surface area contributed by atoms with Gasteiger partial charge >= 0.3 is 5.97 Å². The lowest BCUT2D eigenvalue weighted by Crippen LogP contribution is -2.58. The number of hydrogen-bond acceptors (Lipinski definition) is 8. The second-order valence-corrected chi connectivity index (χ2v) is 10.0. The van der Waals surface area contributed by atoms with Gasteiger partial charge in [-0.05, 0) is 63.5 Å². The minimum absolute atomic E-state index is 0.0177. The highest BCUT2D eigenvalue weighted by Crippen LogP contribution is 2.62. The molecule has 178 valence electrons. The molecule has 4 aliphatic rings. The van der Waals surface area contributed by atoms with E-state index in [0.717, 1.165) is 50.6 Å². The van der Waals surface area contributed by atoms with Crippen molar-refractivity contribution in [3.8, 4) is 0 Å². The first kappa shape index (κ1) is 23.5. The maximum atomic E-state index is 13.6. The third kappa shape index (κ3) is 3.65. The Morgan fingerprint density at radius 3 is 2.53 bits per heavy atom. The highest BCUT2D eigenvalue weighted by molar-refractivity contribution is 6.23. The average Bonchev–Trinajstić information content (AvgIpc) is 3.50. The molecular weight excluding hydrogens is 412 g/mol. The number of allylic oxidation sites excluding steroid dienone is 1. The Kier molecular flexibility index (Phi) is 6.60. The molecule has 0 aromatic heterocycles. The number of aliphatic hydroxyl groups is 1. The summed E-state index contributed by atoms with van der Waals surface area (Å²) in [7, 11) is 1.21. The molecule has 4 rings (SSSR count). The molecule has 2 aliphatic heterocycles. The van der Waals surface area contributed by atoms with E-state index in [1.807, 2.05) is 6.92 Å². The topological polar surface area (TPSA) is 131 Å². The molecule has 0 bridgehead atoms. The Morgan fingerprint density at radius 2 is 1.91 bits per heavy atom. The molecule has 2 saturated carbocycles. The van der Waals surface area contributed by atoms with E-state index < -0.39 is 29.0 Å². The van der Waals surface area contributed by atoms with E-state index in [0.29, 0.717) is 24.3 Å². The molecule has 32 heavy (non-hydrogen) atoms. The number of methoxy groups -OCH3 is 1. The number of nitrogens with one attached hydrogen (secondary N) is 1. The Balaban J connectivity index is 1.57. The zero-order chi connectivity index (χ0) is 23.1. The minimum atomic E-state index is -1.85. The van der Waals surface area contributed by atoms with Gasteiger partial charge in [0.15, 0.2) is 17.2 Å². The van der Waals surface area contributed by atoms with Crippen molar-refractivity contribution in [3.63, 3.8) is 0 Å². The van der Waals surface area contributed by atoms with Crippen molar-refractivity contribution >= 4 is 17.5 Å². The van der Waals surface area contributed by atoms with Gasteiger partial charge in [0.05, 0.1) is 19.9 Å². The van der Waals surface area contributed by atoms with Crippen molar-refractivity contribution < 1.29 is 29.0 Å². The summed E-state index contributed by atoms with van der Waals surface area (Å²) in [4.78, 5) is 39.8. The standard InChI is InChI=1S/C24H36N2O6/c1-14(7-8-15-9-10-26-19(25)11-15)16(13-27)12-23-20(28)17-5-3-4-6-18(17)21(29)24(23,32-23)22(30)31-2/h15,17-19,26-27H,3-13,25H2,1-2H3. The maximum absolute atomic E-state index is 13.6. The quantitative estimate of drug-likeness (QED) is 0.230. The summed E-state index contributed by atoms with van der Waals surface area (Å²) >= 11 is 0. The molecule has 4 N–H and O–H groups in total. The third-order valence-electron chi connectivity index (χ3n) is 8.24. The molecule has 8 heteroatoms. The van der Waals surface area contributed by atoms with Crippen LogP contribution in [-0.2, 0) is 23.9 Å². The second kappa shape index (κ2) is 8.97. The van der Waals surface area contributed by atoms with Gasteiger partial charge in [-0.25, -0.2) is 4.79 Å². The first-order valence-electron chi connectivity index (χ1n) is 11.9. The van der Waals surface area contributed by atoms with Gasteiger partial charge in [0.25, 0.3) is 5.60 Å². The fraction of sp³-hybridized carbons (Fsp3) is 0.792. The molecule has 2 aliphatic carbocycles. The van der Waals surface area contributed by atoms with Crippen LogP contribution in [0.4, 0.5) is 0 Å². The number of nitrogens with two attached hydrogens (primary N) is 1. The van der Waals surface area contributed by atoms with Crippen molar-refractivity contribution in [1.29, 1.82) is 0 Å². The average molecular weight is 449 g/mol. The van der Waals surface area contributed by atoms with Crippen LogP contribution in [0.2, 0.25) is 0 Å². The van der Waals surface area contributed by atoms with Crippen molar-refractivity contribution in [1.82, 2.24) is 5.32 Å². The molecule has 6 atom stereocenters. The maximum Gasteiger partial charge on any atom is 0.349 e. The van der Waals surface area contributed by atoms with E-state index in [4.69, 9.17) is 15.2 Å². The Morgan fingerprint density at radius 1 is 1.22 bits per heavy atom. The number of Topliss-reactive ketones (excluding diaryl/α,β-unsaturated/α-hetero) is 2. The summed E-state index contributed by atoms with van der Waals surface area (Å²) in [6.45, 7) is 2.61. The highest BCUT2D eigenvalue weighted by Gasteiger charge is 2.87. The SMILES string of the molecule is COC(=O)C12OC1(CC(CO)=C(C)CCC1CCNC(N)C1)C(=O)C1CCCCC1C2=O. The monoisotopic (exact) mass is 448 g/mol. The number of ketones is 2. The Bertz CT molecular complexity index is 825. The number of carbonyl (C=O) groups is 3. The molecule has 0 radical (unpaired) electrons. The lowest BCUT2D eigenvalue weighted by Gasteiger charge is -2.37. The first-order valence-corrected chi connectivity index (χ1v) is 11.9. The van der Waals surface area contributed by atoms with Gasteiger partial charge in [0, 0.05) is 18.3 Å². The Labute approximate surface area is 189 Å². The smallest absolute Gasteiger partial charge is 0.349 e. The molecule has 0 aromatic carbocycles. The molecule has 0 aromatic rings. The molecular formula is C24H36N2O6. The predicted molar refractivity (Wildman–Crippen MR) is 116 cm³/mol. The number of rotatable bonds is 7. The molecule has 0 amide bonds. The summed E-state index contributed by atoms with van der Waals surface area (Å²) < 4.78 is 10.8. The zero-order valence-electron chi connectivity index (χ0n) is 19.2. The van der Waals surface area contributed by atoms with Crippen LogP contribution in [0.1, 0.15) is 64.7 Å². The van der Waals surface area contributed by atoms with Crippen LogP contribution in [0, 0.1) is 17.8 Å². The summed E-state index contributed by atoms with van der Waals surface area (Å²) in [6.07, 6.45) is 6.76. The van der Waals surface area contributed by atoms with E-state index >= 15 is 0 Å². The summed E-state index contributed by atoms with van der Waals surface area (Å²) in [5, 5.41) is 13.4. The first-order chi connectivity index (χ1) is 15.3. The van der Waals surface area contributed by atoms with Crippen LogP contribution >= 0.6 is 0 Å². The van der Waals surface area contributed by atoms with Crippen LogP contribution in [0.15, 0.2) is 11.1 Å². The van der Waals surface area contributed by atoms with E-state index in [-0.39, 0.29) is 30.8 Å². The van der Waals surface area contributed by atoms with E-state index in [9.17, 15) is 19.5 Å². The van der Waals surface area contributed by atoms with E-state index in [1.54, 1.807) is 0 Å². The van der Waals surface area contributed by atoms with Crippen LogP contribution in [-0.4, -0.2) is 60.3 Å². The van der Waals surface area contributed by atoms with Gasteiger partial charge in [0.1, 0.15) is 0 Å². The number of carbonyl (C=O) groups excluding carboxylic acids is 3. The number of fused-ring (bicyclic) bond motifs is 2. The van der Waals surface area contributed by atoms with E-state index in [1.165, 1.54) is 7.11 Å². The lowest BCUT2D eigenvalue weighted by molar-refractivity contribution is -0.156. The van der Waals surface area contributed by atoms with E-state index in [2.05, 4.69) is 5.32 Å². The van der Waals surface area contributed by atoms with Gasteiger partial charge in [-0.2, -0.15) is 0 Å². The van der Waals surface area contributed by atoms with Crippen LogP contribution in [0.5, 0.6) is 0 Å². The number of hydrogen-bond donors (Lipinski definition) is 3. The van der Waals surface area contributed by atoms with Gasteiger partial charge in [0.2, 0.25) is 0 Å². The fourth-order valence-corrected chi connectivity index (χ4v) is 6.26.